The Morgan fingerprint density at radius 3 is 2.75 bits per heavy atom. The van der Waals surface area contributed by atoms with Crippen molar-refractivity contribution in [1.82, 2.24) is 4.90 Å². The van der Waals surface area contributed by atoms with Crippen LogP contribution in [0.2, 0.25) is 0 Å². The van der Waals surface area contributed by atoms with Crippen LogP contribution >= 0.6 is 0 Å². The fourth-order valence-corrected chi connectivity index (χ4v) is 1.00. The minimum atomic E-state index is 0.167. The molecule has 0 amide bonds. The Labute approximate surface area is 73.9 Å². The van der Waals surface area contributed by atoms with Gasteiger partial charge in [-0.25, -0.2) is 0 Å². The van der Waals surface area contributed by atoms with E-state index in [1.807, 2.05) is 6.08 Å². The van der Waals surface area contributed by atoms with Gasteiger partial charge in [0.25, 0.3) is 0 Å². The molecule has 0 fully saturated rings. The summed E-state index contributed by atoms with van der Waals surface area (Å²) in [7, 11) is 0. The van der Waals surface area contributed by atoms with Crippen molar-refractivity contribution in [2.45, 2.75) is 12.8 Å². The molecule has 0 unspecified atom stereocenters. The third-order valence-corrected chi connectivity index (χ3v) is 1.57. The fourth-order valence-electron chi connectivity index (χ4n) is 1.00. The van der Waals surface area contributed by atoms with Crippen molar-refractivity contribution in [3.63, 3.8) is 0 Å². The van der Waals surface area contributed by atoms with E-state index >= 15 is 0 Å². The minimum absolute atomic E-state index is 0.167. The van der Waals surface area contributed by atoms with Gasteiger partial charge < -0.3 is 5.11 Å². The smallest absolute Gasteiger partial charge is 0.0622 e. The summed E-state index contributed by atoms with van der Waals surface area (Å²) in [6, 6.07) is 2.09. The van der Waals surface area contributed by atoms with Gasteiger partial charge in [0, 0.05) is 19.5 Å². The summed E-state index contributed by atoms with van der Waals surface area (Å²) in [5.74, 6) is 0. The van der Waals surface area contributed by atoms with E-state index in [2.05, 4.69) is 17.5 Å². The summed E-state index contributed by atoms with van der Waals surface area (Å²) >= 11 is 0. The predicted octanol–water partition coefficient (Wildman–Crippen LogP) is 0.770. The minimum Gasteiger partial charge on any atom is -0.395 e. The summed E-state index contributed by atoms with van der Waals surface area (Å²) in [6.07, 6.45) is 3.26. The highest BCUT2D eigenvalue weighted by atomic mass is 16.3. The maximum absolute atomic E-state index is 8.68. The van der Waals surface area contributed by atoms with Gasteiger partial charge in [-0.1, -0.05) is 6.08 Å². The van der Waals surface area contributed by atoms with Crippen LogP contribution in [0, 0.1) is 11.3 Å². The monoisotopic (exact) mass is 168 g/mol. The Morgan fingerprint density at radius 2 is 2.25 bits per heavy atom. The number of nitrogens with zero attached hydrogens (tertiary/aromatic N) is 2. The van der Waals surface area contributed by atoms with Crippen LogP contribution in [-0.2, 0) is 0 Å². The van der Waals surface area contributed by atoms with Gasteiger partial charge in [-0.2, -0.15) is 5.26 Å². The van der Waals surface area contributed by atoms with Crippen LogP contribution < -0.4 is 0 Å². The Bertz CT molecular complexity index is 151. The van der Waals surface area contributed by atoms with Gasteiger partial charge in [-0.15, -0.1) is 6.58 Å². The van der Waals surface area contributed by atoms with Crippen molar-refractivity contribution in [1.29, 1.82) is 5.26 Å². The number of unbranched alkanes of at least 4 members (excludes halogenated alkanes) is 1. The number of aliphatic hydroxyl groups excluding tert-OH is 1. The molecule has 0 aliphatic heterocycles. The lowest BCUT2D eigenvalue weighted by Crippen LogP contribution is -2.28. The van der Waals surface area contributed by atoms with E-state index in [1.54, 1.807) is 0 Å². The molecule has 3 nitrogen and oxygen atoms in total. The lowest BCUT2D eigenvalue weighted by atomic mass is 10.3. The van der Waals surface area contributed by atoms with Crippen LogP contribution in [0.1, 0.15) is 12.8 Å². The number of hydrogen-bond donors (Lipinski definition) is 1. The van der Waals surface area contributed by atoms with E-state index in [0.717, 1.165) is 19.5 Å². The van der Waals surface area contributed by atoms with Gasteiger partial charge in [0.05, 0.1) is 12.7 Å². The molecule has 0 atom stereocenters. The molecule has 0 aliphatic rings. The van der Waals surface area contributed by atoms with Gasteiger partial charge in [-0.05, 0) is 13.0 Å². The molecule has 0 bridgehead atoms. The Morgan fingerprint density at radius 1 is 1.50 bits per heavy atom. The second kappa shape index (κ2) is 8.25. The second-order valence-corrected chi connectivity index (χ2v) is 2.57. The largest absolute Gasteiger partial charge is 0.395 e. The van der Waals surface area contributed by atoms with Crippen molar-refractivity contribution in [2.75, 3.05) is 26.2 Å². The first-order valence-electron chi connectivity index (χ1n) is 4.16. The number of rotatable bonds is 7. The quantitative estimate of drug-likeness (QED) is 0.451. The Balaban J connectivity index is 3.48. The predicted molar refractivity (Wildman–Crippen MR) is 48.6 cm³/mol. The van der Waals surface area contributed by atoms with Gasteiger partial charge in [0.1, 0.15) is 0 Å². The van der Waals surface area contributed by atoms with Gasteiger partial charge in [-0.3, -0.25) is 4.90 Å². The molecule has 12 heavy (non-hydrogen) atoms. The number of nitriles is 1. The molecule has 0 rings (SSSR count). The van der Waals surface area contributed by atoms with Crippen molar-refractivity contribution < 1.29 is 5.11 Å². The zero-order valence-corrected chi connectivity index (χ0v) is 7.37. The van der Waals surface area contributed by atoms with E-state index in [4.69, 9.17) is 10.4 Å². The summed E-state index contributed by atoms with van der Waals surface area (Å²) in [5, 5.41) is 17.0. The van der Waals surface area contributed by atoms with Gasteiger partial charge in [0.2, 0.25) is 0 Å². The summed E-state index contributed by atoms with van der Waals surface area (Å²) in [5.41, 5.74) is 0. The summed E-state index contributed by atoms with van der Waals surface area (Å²) < 4.78 is 0. The molecule has 0 saturated carbocycles. The molecular formula is C9H16N2O. The average Bonchev–Trinajstić information content (AvgIpc) is 2.06. The molecule has 0 aliphatic carbocycles. The second-order valence-electron chi connectivity index (χ2n) is 2.57. The molecule has 0 aromatic rings. The fraction of sp³-hybridized carbons (Fsp3) is 0.667. The lowest BCUT2D eigenvalue weighted by Gasteiger charge is -2.18. The van der Waals surface area contributed by atoms with Crippen LogP contribution in [0.4, 0.5) is 0 Å². The van der Waals surface area contributed by atoms with E-state index < -0.39 is 0 Å². The highest BCUT2D eigenvalue weighted by Crippen LogP contribution is 1.94. The normalized spacial score (nSPS) is 9.75. The van der Waals surface area contributed by atoms with Crippen LogP contribution in [0.5, 0.6) is 0 Å². The Kier molecular flexibility index (Phi) is 7.66. The number of aliphatic hydroxyl groups is 1. The molecule has 0 heterocycles. The topological polar surface area (TPSA) is 47.3 Å². The molecule has 0 aromatic heterocycles. The van der Waals surface area contributed by atoms with Crippen LogP contribution in [-0.4, -0.2) is 36.2 Å². The summed E-state index contributed by atoms with van der Waals surface area (Å²) in [4.78, 5) is 2.07. The molecular weight excluding hydrogens is 152 g/mol. The van der Waals surface area contributed by atoms with Gasteiger partial charge in [0.15, 0.2) is 0 Å². The summed E-state index contributed by atoms with van der Waals surface area (Å²) in [6.45, 7) is 6.10. The third-order valence-electron chi connectivity index (χ3n) is 1.57. The molecule has 68 valence electrons. The Hall–Kier alpha value is -0.850. The zero-order valence-electron chi connectivity index (χ0n) is 7.37. The lowest BCUT2D eigenvalue weighted by molar-refractivity contribution is 0.207. The third kappa shape index (κ3) is 5.90. The molecule has 0 aromatic carbocycles. The number of hydrogen-bond acceptors (Lipinski definition) is 3. The van der Waals surface area contributed by atoms with E-state index in [1.165, 1.54) is 0 Å². The molecule has 0 saturated heterocycles. The molecule has 0 radical (unpaired) electrons. The first kappa shape index (κ1) is 11.2. The molecule has 0 spiro atoms. The zero-order chi connectivity index (χ0) is 9.23. The van der Waals surface area contributed by atoms with Crippen molar-refractivity contribution in [3.05, 3.63) is 12.7 Å². The van der Waals surface area contributed by atoms with Crippen LogP contribution in [0.3, 0.4) is 0 Å². The van der Waals surface area contributed by atoms with E-state index in [-0.39, 0.29) is 6.61 Å². The van der Waals surface area contributed by atoms with Crippen LogP contribution in [0.15, 0.2) is 12.7 Å². The maximum Gasteiger partial charge on any atom is 0.0622 e. The van der Waals surface area contributed by atoms with Crippen molar-refractivity contribution in [2.24, 2.45) is 0 Å². The highest BCUT2D eigenvalue weighted by molar-refractivity contribution is 4.75. The highest BCUT2D eigenvalue weighted by Gasteiger charge is 2.00. The first-order valence-corrected chi connectivity index (χ1v) is 4.16. The van der Waals surface area contributed by atoms with E-state index in [9.17, 15) is 0 Å². The SMILES string of the molecule is C=CCN(CCO)CCCC#N. The average molecular weight is 168 g/mol. The van der Waals surface area contributed by atoms with Crippen LogP contribution in [0.25, 0.3) is 0 Å². The van der Waals surface area contributed by atoms with Crippen molar-refractivity contribution >= 4 is 0 Å². The maximum atomic E-state index is 8.68. The molecule has 1 N–H and O–H groups in total. The van der Waals surface area contributed by atoms with Crippen molar-refractivity contribution in [3.8, 4) is 6.07 Å². The standard InChI is InChI=1S/C9H16N2O/c1-2-6-11(8-9-12)7-4-3-5-10/h2,12H,1,3-4,6-9H2. The van der Waals surface area contributed by atoms with E-state index in [0.29, 0.717) is 13.0 Å². The first-order chi connectivity index (χ1) is 5.85. The van der Waals surface area contributed by atoms with Gasteiger partial charge >= 0.3 is 0 Å². The molecule has 3 heteroatoms.